The third kappa shape index (κ3) is 4.81. The van der Waals surface area contributed by atoms with E-state index < -0.39 is 29.3 Å². The van der Waals surface area contributed by atoms with Crippen molar-refractivity contribution in [3.05, 3.63) is 65.4 Å². The fraction of sp³-hybridized carbons (Fsp3) is 0.292. The zero-order chi connectivity index (χ0) is 24.5. The van der Waals surface area contributed by atoms with Gasteiger partial charge in [-0.15, -0.1) is 0 Å². The molecule has 2 amide bonds. The van der Waals surface area contributed by atoms with Crippen LogP contribution in [-0.2, 0) is 15.8 Å². The predicted molar refractivity (Wildman–Crippen MR) is 120 cm³/mol. The van der Waals surface area contributed by atoms with Crippen LogP contribution < -0.4 is 5.32 Å². The number of aryl methyl sites for hydroxylation is 1. The lowest BCUT2D eigenvalue weighted by Gasteiger charge is -2.34. The number of alkyl halides is 3. The number of piperazine rings is 1. The Hall–Kier alpha value is -3.66. The van der Waals surface area contributed by atoms with Crippen LogP contribution in [0.1, 0.15) is 21.6 Å². The van der Waals surface area contributed by atoms with E-state index in [1.165, 1.54) is 23.1 Å². The molecule has 0 atom stereocenters. The minimum atomic E-state index is -4.58. The average molecular weight is 472 g/mol. The number of fused-ring (bicyclic) bond motifs is 1. The van der Waals surface area contributed by atoms with E-state index >= 15 is 0 Å². The van der Waals surface area contributed by atoms with E-state index in [2.05, 4.69) is 10.3 Å². The molecule has 0 bridgehead atoms. The maximum atomic E-state index is 13.1. The second-order valence-corrected chi connectivity index (χ2v) is 8.16. The highest BCUT2D eigenvalue weighted by atomic mass is 19.4. The van der Waals surface area contributed by atoms with Crippen molar-refractivity contribution in [3.8, 4) is 0 Å². The number of hydrogen-bond donors (Lipinski definition) is 2. The summed E-state index contributed by atoms with van der Waals surface area (Å²) >= 11 is 0. The zero-order valence-corrected chi connectivity index (χ0v) is 18.4. The van der Waals surface area contributed by atoms with Gasteiger partial charge in [0.25, 0.3) is 11.7 Å². The second-order valence-electron chi connectivity index (χ2n) is 8.16. The largest absolute Gasteiger partial charge is 0.418 e. The fourth-order valence-electron chi connectivity index (χ4n) is 4.16. The normalized spacial score (nSPS) is 14.9. The van der Waals surface area contributed by atoms with E-state index in [9.17, 15) is 27.6 Å². The molecule has 34 heavy (non-hydrogen) atoms. The van der Waals surface area contributed by atoms with Gasteiger partial charge in [0.05, 0.1) is 23.4 Å². The molecule has 1 aliphatic heterocycles. The Labute approximate surface area is 193 Å². The quantitative estimate of drug-likeness (QED) is 0.440. The van der Waals surface area contributed by atoms with Crippen molar-refractivity contribution in [2.75, 3.05) is 38.0 Å². The number of benzene rings is 2. The van der Waals surface area contributed by atoms with Crippen LogP contribution in [0.4, 0.5) is 18.9 Å². The summed E-state index contributed by atoms with van der Waals surface area (Å²) in [6, 6.07) is 12.0. The lowest BCUT2D eigenvalue weighted by atomic mass is 10.1. The standard InChI is InChI=1S/C24H23F3N4O3/c1-15-21(16-6-2-4-8-18(16)28-15)22(33)23(34)31-12-10-30(11-13-31)14-20(32)29-19-9-5-3-7-17(19)24(25,26)27/h2-9,28H,10-14H2,1H3,(H,29,32). The van der Waals surface area contributed by atoms with Crippen LogP contribution in [0.15, 0.2) is 48.5 Å². The van der Waals surface area contributed by atoms with Crippen LogP contribution in [-0.4, -0.2) is 65.1 Å². The molecule has 1 fully saturated rings. The molecule has 1 aromatic heterocycles. The van der Waals surface area contributed by atoms with Crippen LogP contribution in [0, 0.1) is 6.92 Å². The van der Waals surface area contributed by atoms with Gasteiger partial charge < -0.3 is 15.2 Å². The van der Waals surface area contributed by atoms with Crippen molar-refractivity contribution in [1.29, 1.82) is 0 Å². The Balaban J connectivity index is 1.35. The number of amides is 2. The Morgan fingerprint density at radius 3 is 2.32 bits per heavy atom. The molecule has 7 nitrogen and oxygen atoms in total. The lowest BCUT2D eigenvalue weighted by molar-refractivity contribution is -0.137. The van der Waals surface area contributed by atoms with E-state index in [0.29, 0.717) is 29.7 Å². The first-order valence-electron chi connectivity index (χ1n) is 10.7. The molecule has 3 aromatic rings. The summed E-state index contributed by atoms with van der Waals surface area (Å²) < 4.78 is 39.4. The zero-order valence-electron chi connectivity index (χ0n) is 18.4. The molecule has 1 aliphatic rings. The Morgan fingerprint density at radius 2 is 1.62 bits per heavy atom. The van der Waals surface area contributed by atoms with Crippen LogP contribution >= 0.6 is 0 Å². The van der Waals surface area contributed by atoms with Gasteiger partial charge in [0.1, 0.15) is 0 Å². The van der Waals surface area contributed by atoms with Crippen molar-refractivity contribution < 1.29 is 27.6 Å². The van der Waals surface area contributed by atoms with Gasteiger partial charge in [-0.05, 0) is 25.1 Å². The lowest BCUT2D eigenvalue weighted by Crippen LogP contribution is -2.52. The Kier molecular flexibility index (Phi) is 6.43. The van der Waals surface area contributed by atoms with Gasteiger partial charge in [0.2, 0.25) is 5.91 Å². The summed E-state index contributed by atoms with van der Waals surface area (Å²) in [6.45, 7) is 2.73. The number of rotatable bonds is 5. The average Bonchev–Trinajstić information content (AvgIpc) is 3.14. The highest BCUT2D eigenvalue weighted by Gasteiger charge is 2.34. The Bertz CT molecular complexity index is 1240. The smallest absolute Gasteiger partial charge is 0.358 e. The fourth-order valence-corrected chi connectivity index (χ4v) is 4.16. The molecule has 2 heterocycles. The second kappa shape index (κ2) is 9.30. The van der Waals surface area contributed by atoms with E-state index in [1.807, 2.05) is 12.1 Å². The number of carbonyl (C=O) groups is 3. The molecule has 0 saturated carbocycles. The number of carbonyl (C=O) groups excluding carboxylic acids is 3. The molecule has 0 radical (unpaired) electrons. The monoisotopic (exact) mass is 472 g/mol. The van der Waals surface area contributed by atoms with E-state index in [0.717, 1.165) is 11.6 Å². The third-order valence-electron chi connectivity index (χ3n) is 5.85. The molecule has 178 valence electrons. The van der Waals surface area contributed by atoms with Gasteiger partial charge in [-0.1, -0.05) is 30.3 Å². The van der Waals surface area contributed by atoms with Gasteiger partial charge in [0, 0.05) is 42.8 Å². The summed E-state index contributed by atoms with van der Waals surface area (Å²) in [7, 11) is 0. The number of aromatic nitrogens is 1. The molecule has 0 aliphatic carbocycles. The summed E-state index contributed by atoms with van der Waals surface area (Å²) in [5.74, 6) is -1.79. The van der Waals surface area contributed by atoms with Gasteiger partial charge in [-0.25, -0.2) is 0 Å². The topological polar surface area (TPSA) is 85.5 Å². The van der Waals surface area contributed by atoms with Gasteiger partial charge in [0.15, 0.2) is 0 Å². The third-order valence-corrected chi connectivity index (χ3v) is 5.85. The molecule has 10 heteroatoms. The number of aromatic amines is 1. The minimum Gasteiger partial charge on any atom is -0.358 e. The summed E-state index contributed by atoms with van der Waals surface area (Å²) in [5.41, 5.74) is 0.539. The van der Waals surface area contributed by atoms with Crippen molar-refractivity contribution in [2.24, 2.45) is 0 Å². The number of para-hydroxylation sites is 2. The molecule has 0 spiro atoms. The molecule has 1 saturated heterocycles. The summed E-state index contributed by atoms with van der Waals surface area (Å²) in [4.78, 5) is 44.4. The van der Waals surface area contributed by atoms with Crippen LogP contribution in [0.2, 0.25) is 0 Å². The van der Waals surface area contributed by atoms with Crippen molar-refractivity contribution in [3.63, 3.8) is 0 Å². The number of nitrogens with one attached hydrogen (secondary N) is 2. The van der Waals surface area contributed by atoms with Crippen LogP contribution in [0.3, 0.4) is 0 Å². The molecule has 4 rings (SSSR count). The number of hydrogen-bond acceptors (Lipinski definition) is 4. The molecule has 0 unspecified atom stereocenters. The van der Waals surface area contributed by atoms with Gasteiger partial charge >= 0.3 is 6.18 Å². The first kappa shape index (κ1) is 23.5. The maximum Gasteiger partial charge on any atom is 0.418 e. The SMILES string of the molecule is Cc1[nH]c2ccccc2c1C(=O)C(=O)N1CCN(CC(=O)Nc2ccccc2C(F)(F)F)CC1. The molecular weight excluding hydrogens is 449 g/mol. The molecule has 2 N–H and O–H groups in total. The number of halogens is 3. The van der Waals surface area contributed by atoms with E-state index in [1.54, 1.807) is 24.0 Å². The van der Waals surface area contributed by atoms with Crippen LogP contribution in [0.25, 0.3) is 10.9 Å². The first-order valence-corrected chi connectivity index (χ1v) is 10.7. The first-order chi connectivity index (χ1) is 16.1. The van der Waals surface area contributed by atoms with E-state index in [-0.39, 0.29) is 25.3 Å². The number of ketones is 1. The molecule has 2 aromatic carbocycles. The van der Waals surface area contributed by atoms with Gasteiger partial charge in [-0.2, -0.15) is 13.2 Å². The highest BCUT2D eigenvalue weighted by molar-refractivity contribution is 6.45. The Morgan fingerprint density at radius 1 is 0.971 bits per heavy atom. The maximum absolute atomic E-state index is 13.1. The van der Waals surface area contributed by atoms with Gasteiger partial charge in [-0.3, -0.25) is 19.3 Å². The number of Topliss-reactive ketones (excluding diaryl/α,β-unsaturated/α-hetero) is 1. The molecular formula is C24H23F3N4O3. The predicted octanol–water partition coefficient (Wildman–Crippen LogP) is 3.46. The summed E-state index contributed by atoms with van der Waals surface area (Å²) in [6.07, 6.45) is -4.58. The number of nitrogens with zero attached hydrogens (tertiary/aromatic N) is 2. The highest BCUT2D eigenvalue weighted by Crippen LogP contribution is 2.34. The van der Waals surface area contributed by atoms with Crippen molar-refractivity contribution in [2.45, 2.75) is 13.1 Å². The number of anilines is 1. The van der Waals surface area contributed by atoms with Crippen LogP contribution in [0.5, 0.6) is 0 Å². The van der Waals surface area contributed by atoms with Crippen molar-refractivity contribution in [1.82, 2.24) is 14.8 Å². The van der Waals surface area contributed by atoms with E-state index in [4.69, 9.17) is 0 Å². The minimum absolute atomic E-state index is 0.121. The van der Waals surface area contributed by atoms with Crippen molar-refractivity contribution >= 4 is 34.2 Å². The summed E-state index contributed by atoms with van der Waals surface area (Å²) in [5, 5.41) is 3.01. The number of H-pyrrole nitrogens is 1.